The van der Waals surface area contributed by atoms with Crippen LogP contribution in [0.1, 0.15) is 69.6 Å². The van der Waals surface area contributed by atoms with Crippen LogP contribution in [0.3, 0.4) is 0 Å². The number of aryl methyl sites for hydroxylation is 1. The first-order valence-corrected chi connectivity index (χ1v) is 11.3. The molecule has 0 heterocycles. The number of hydrogen-bond donors (Lipinski definition) is 0. The lowest BCUT2D eigenvalue weighted by atomic mass is 9.78. The van der Waals surface area contributed by atoms with E-state index in [0.717, 1.165) is 38.6 Å². The van der Waals surface area contributed by atoms with Gasteiger partial charge in [-0.1, -0.05) is 54.6 Å². The van der Waals surface area contributed by atoms with Crippen LogP contribution in [0.4, 0.5) is 4.39 Å². The smallest absolute Gasteiger partial charge is 0.107 e. The molecule has 3 heteroatoms. The van der Waals surface area contributed by atoms with Gasteiger partial charge in [0.2, 0.25) is 0 Å². The number of benzene rings is 2. The molecule has 0 saturated heterocycles. The number of alkyl halides is 1. The molecule has 2 aromatic rings. The van der Waals surface area contributed by atoms with Crippen LogP contribution in [0.15, 0.2) is 54.6 Å². The molecule has 0 spiro atoms. The van der Waals surface area contributed by atoms with E-state index in [0.29, 0.717) is 12.1 Å². The third-order valence-corrected chi connectivity index (χ3v) is 6.18. The SMILES string of the molecule is CC#N.CC(C)N(CCc1ccccc1)C(C)CCc1ccc(C2CCC2F)cc1. The third kappa shape index (κ3) is 7.26. The Balaban J connectivity index is 0.00000101. The molecule has 0 radical (unpaired) electrons. The zero-order chi connectivity index (χ0) is 21.9. The van der Waals surface area contributed by atoms with Gasteiger partial charge in [-0.05, 0) is 69.6 Å². The second-order valence-corrected chi connectivity index (χ2v) is 8.62. The average molecular weight is 409 g/mol. The number of hydrogen-bond acceptors (Lipinski definition) is 2. The van der Waals surface area contributed by atoms with Crippen molar-refractivity contribution in [3.63, 3.8) is 0 Å². The molecule has 1 aliphatic carbocycles. The molecular weight excluding hydrogens is 371 g/mol. The second-order valence-electron chi connectivity index (χ2n) is 8.62. The molecule has 3 atom stereocenters. The fourth-order valence-electron chi connectivity index (χ4n) is 4.20. The van der Waals surface area contributed by atoms with Gasteiger partial charge in [0.15, 0.2) is 0 Å². The molecule has 0 amide bonds. The Hall–Kier alpha value is -2.18. The van der Waals surface area contributed by atoms with E-state index in [9.17, 15) is 4.39 Å². The Kier molecular flexibility index (Phi) is 10.0. The summed E-state index contributed by atoms with van der Waals surface area (Å²) in [7, 11) is 0. The Morgan fingerprint density at radius 3 is 2.07 bits per heavy atom. The third-order valence-electron chi connectivity index (χ3n) is 6.18. The van der Waals surface area contributed by atoms with Gasteiger partial charge in [0.05, 0.1) is 6.07 Å². The minimum Gasteiger partial charge on any atom is -0.298 e. The number of nitriles is 1. The van der Waals surface area contributed by atoms with E-state index in [-0.39, 0.29) is 5.92 Å². The van der Waals surface area contributed by atoms with Crippen LogP contribution in [0.2, 0.25) is 0 Å². The van der Waals surface area contributed by atoms with Crippen LogP contribution >= 0.6 is 0 Å². The molecule has 2 nitrogen and oxygen atoms in total. The quantitative estimate of drug-likeness (QED) is 0.461. The molecule has 3 rings (SSSR count). The lowest BCUT2D eigenvalue weighted by Crippen LogP contribution is -2.40. The molecule has 1 fully saturated rings. The summed E-state index contributed by atoms with van der Waals surface area (Å²) in [6, 6.07) is 22.3. The summed E-state index contributed by atoms with van der Waals surface area (Å²) >= 11 is 0. The molecule has 162 valence electrons. The molecule has 1 saturated carbocycles. The molecule has 0 bridgehead atoms. The van der Waals surface area contributed by atoms with Crippen molar-refractivity contribution in [2.45, 2.75) is 84.0 Å². The lowest BCUT2D eigenvalue weighted by molar-refractivity contribution is 0.158. The summed E-state index contributed by atoms with van der Waals surface area (Å²) in [6.07, 6.45) is 4.45. The van der Waals surface area contributed by atoms with E-state index < -0.39 is 6.17 Å². The van der Waals surface area contributed by atoms with Gasteiger partial charge in [-0.2, -0.15) is 5.26 Å². The number of nitrogens with zero attached hydrogens (tertiary/aromatic N) is 2. The van der Waals surface area contributed by atoms with E-state index in [1.165, 1.54) is 23.6 Å². The van der Waals surface area contributed by atoms with Crippen molar-refractivity contribution in [3.8, 4) is 6.07 Å². The Bertz CT molecular complexity index is 764. The van der Waals surface area contributed by atoms with Crippen LogP contribution in [0, 0.1) is 11.3 Å². The van der Waals surface area contributed by atoms with Crippen molar-refractivity contribution in [1.82, 2.24) is 4.90 Å². The zero-order valence-corrected chi connectivity index (χ0v) is 19.0. The molecule has 0 aliphatic heterocycles. The maximum absolute atomic E-state index is 13.6. The predicted molar refractivity (Wildman–Crippen MR) is 124 cm³/mol. The van der Waals surface area contributed by atoms with Gasteiger partial charge in [-0.25, -0.2) is 4.39 Å². The monoisotopic (exact) mass is 408 g/mol. The first-order chi connectivity index (χ1) is 14.5. The fraction of sp³-hybridized carbons (Fsp3) is 0.519. The molecule has 2 aromatic carbocycles. The van der Waals surface area contributed by atoms with E-state index in [1.54, 1.807) is 6.07 Å². The molecular formula is C27H37FN2. The first kappa shape index (κ1) is 24.1. The number of rotatable bonds is 9. The first-order valence-electron chi connectivity index (χ1n) is 11.3. The van der Waals surface area contributed by atoms with Gasteiger partial charge < -0.3 is 0 Å². The van der Waals surface area contributed by atoms with Crippen molar-refractivity contribution in [2.75, 3.05) is 6.54 Å². The normalized spacial score (nSPS) is 18.9. The van der Waals surface area contributed by atoms with E-state index in [1.807, 2.05) is 0 Å². The highest BCUT2D eigenvalue weighted by Crippen LogP contribution is 2.39. The average Bonchev–Trinajstić information content (AvgIpc) is 2.73. The largest absolute Gasteiger partial charge is 0.298 e. The van der Waals surface area contributed by atoms with Gasteiger partial charge in [-0.15, -0.1) is 0 Å². The van der Waals surface area contributed by atoms with Crippen molar-refractivity contribution in [2.24, 2.45) is 0 Å². The summed E-state index contributed by atoms with van der Waals surface area (Å²) in [5.74, 6) is 0.146. The minimum atomic E-state index is -0.625. The molecule has 30 heavy (non-hydrogen) atoms. The zero-order valence-electron chi connectivity index (χ0n) is 19.0. The summed E-state index contributed by atoms with van der Waals surface area (Å²) < 4.78 is 13.6. The van der Waals surface area contributed by atoms with E-state index in [4.69, 9.17) is 5.26 Å². The maximum Gasteiger partial charge on any atom is 0.107 e. The standard InChI is InChI=1S/C25H34FN.C2H3N/c1-19(2)27(18-17-21-7-5-4-6-8-21)20(3)9-10-22-11-13-23(14-12-22)24-15-16-25(24)26;1-2-3/h4-8,11-14,19-20,24-25H,9-10,15-18H2,1-3H3;1H3. The molecule has 0 N–H and O–H groups in total. The summed E-state index contributed by atoms with van der Waals surface area (Å²) in [6.45, 7) is 9.47. The van der Waals surface area contributed by atoms with Crippen LogP contribution in [-0.4, -0.2) is 29.7 Å². The topological polar surface area (TPSA) is 27.0 Å². The van der Waals surface area contributed by atoms with Crippen LogP contribution < -0.4 is 0 Å². The predicted octanol–water partition coefficient (Wildman–Crippen LogP) is 6.71. The lowest BCUT2D eigenvalue weighted by Gasteiger charge is -2.33. The van der Waals surface area contributed by atoms with Crippen molar-refractivity contribution in [1.29, 1.82) is 5.26 Å². The van der Waals surface area contributed by atoms with Gasteiger partial charge in [-0.3, -0.25) is 4.90 Å². The Morgan fingerprint density at radius 1 is 0.967 bits per heavy atom. The van der Waals surface area contributed by atoms with Gasteiger partial charge in [0.1, 0.15) is 6.17 Å². The highest BCUT2D eigenvalue weighted by Gasteiger charge is 2.31. The van der Waals surface area contributed by atoms with Crippen LogP contribution in [0.25, 0.3) is 0 Å². The van der Waals surface area contributed by atoms with E-state index in [2.05, 4.69) is 80.3 Å². The maximum atomic E-state index is 13.6. The van der Waals surface area contributed by atoms with E-state index >= 15 is 0 Å². The van der Waals surface area contributed by atoms with Gasteiger partial charge in [0, 0.05) is 31.5 Å². The van der Waals surface area contributed by atoms with Gasteiger partial charge in [0.25, 0.3) is 0 Å². The summed E-state index contributed by atoms with van der Waals surface area (Å²) in [5, 5.41) is 7.32. The molecule has 1 aliphatic rings. The summed E-state index contributed by atoms with van der Waals surface area (Å²) in [5.41, 5.74) is 3.96. The fourth-order valence-corrected chi connectivity index (χ4v) is 4.20. The van der Waals surface area contributed by atoms with Gasteiger partial charge >= 0.3 is 0 Å². The van der Waals surface area contributed by atoms with Crippen LogP contribution in [-0.2, 0) is 12.8 Å². The minimum absolute atomic E-state index is 0.146. The Labute approximate surface area is 182 Å². The highest BCUT2D eigenvalue weighted by atomic mass is 19.1. The second kappa shape index (κ2) is 12.5. The highest BCUT2D eigenvalue weighted by molar-refractivity contribution is 5.28. The van der Waals surface area contributed by atoms with Crippen molar-refractivity contribution in [3.05, 3.63) is 71.3 Å². The summed E-state index contributed by atoms with van der Waals surface area (Å²) in [4.78, 5) is 2.61. The molecule has 0 aromatic heterocycles. The number of halogens is 1. The van der Waals surface area contributed by atoms with Crippen LogP contribution in [0.5, 0.6) is 0 Å². The van der Waals surface area contributed by atoms with Crippen molar-refractivity contribution >= 4 is 0 Å². The molecule has 3 unspecified atom stereocenters. The Morgan fingerprint density at radius 2 is 1.57 bits per heavy atom. The van der Waals surface area contributed by atoms with Crippen molar-refractivity contribution < 1.29 is 4.39 Å².